The summed E-state index contributed by atoms with van der Waals surface area (Å²) in [6, 6.07) is -0.816. The predicted molar refractivity (Wildman–Crippen MR) is 49.2 cm³/mol. The van der Waals surface area contributed by atoms with E-state index in [0.717, 1.165) is 12.8 Å². The van der Waals surface area contributed by atoms with Crippen LogP contribution in [0.25, 0.3) is 5.53 Å². The summed E-state index contributed by atoms with van der Waals surface area (Å²) in [5.74, 6) is -0.539. The fraction of sp³-hybridized carbons (Fsp3) is 0.625. The van der Waals surface area contributed by atoms with Crippen molar-refractivity contribution in [1.29, 1.82) is 0 Å². The number of unbranched alkanes of at least 4 members (excludes halogenated alkanes) is 1. The minimum absolute atomic E-state index is 0.410. The lowest BCUT2D eigenvalue weighted by Gasteiger charge is -2.10. The van der Waals surface area contributed by atoms with Crippen molar-refractivity contribution < 1.29 is 19.5 Å². The van der Waals surface area contributed by atoms with Gasteiger partial charge in [-0.15, -0.1) is 0 Å². The summed E-state index contributed by atoms with van der Waals surface area (Å²) in [6.45, 7) is 1.93. The second-order valence-electron chi connectivity index (χ2n) is 2.79. The smallest absolute Gasteiger partial charge is 0.405 e. The van der Waals surface area contributed by atoms with Gasteiger partial charge in [-0.2, -0.15) is 4.79 Å². The van der Waals surface area contributed by atoms with Crippen molar-refractivity contribution in [3.05, 3.63) is 5.53 Å². The standard InChI is InChI=1S/C8H13N3O3/c1-2-3-4-6(11-8(13)14)7(12)5-10-9/h5-6,11H,2-4H2,1H3,(H,13,14)/t6-/m0/s1. The molecule has 0 saturated heterocycles. The van der Waals surface area contributed by atoms with Crippen molar-refractivity contribution in [3.63, 3.8) is 0 Å². The molecule has 0 rings (SSSR count). The Morgan fingerprint density at radius 1 is 1.64 bits per heavy atom. The van der Waals surface area contributed by atoms with E-state index in [0.29, 0.717) is 12.6 Å². The number of Topliss-reactive ketones (excluding diaryl/α,β-unsaturated/α-hetero) is 1. The second kappa shape index (κ2) is 6.80. The fourth-order valence-corrected chi connectivity index (χ4v) is 0.990. The molecule has 6 heteroatoms. The number of hydrogen-bond acceptors (Lipinski definition) is 2. The summed E-state index contributed by atoms with van der Waals surface area (Å²) in [5, 5.41) is 10.5. The number of rotatable bonds is 6. The molecule has 0 aromatic carbocycles. The summed E-state index contributed by atoms with van der Waals surface area (Å²) in [5.41, 5.74) is 8.12. The van der Waals surface area contributed by atoms with Crippen molar-refractivity contribution in [1.82, 2.24) is 5.32 Å². The predicted octanol–water partition coefficient (Wildman–Crippen LogP) is 0.682. The van der Waals surface area contributed by atoms with Crippen LogP contribution in [0.15, 0.2) is 0 Å². The Kier molecular flexibility index (Phi) is 5.98. The van der Waals surface area contributed by atoms with Crippen molar-refractivity contribution in [2.75, 3.05) is 0 Å². The molecule has 14 heavy (non-hydrogen) atoms. The molecule has 2 N–H and O–H groups in total. The van der Waals surface area contributed by atoms with Crippen LogP contribution < -0.4 is 5.32 Å². The average Bonchev–Trinajstić information content (AvgIpc) is 2.12. The molecule has 0 bridgehead atoms. The molecule has 6 nitrogen and oxygen atoms in total. The maximum Gasteiger partial charge on any atom is 0.405 e. The van der Waals surface area contributed by atoms with E-state index < -0.39 is 17.9 Å². The summed E-state index contributed by atoms with van der Waals surface area (Å²) in [7, 11) is 0. The molecule has 78 valence electrons. The van der Waals surface area contributed by atoms with Crippen molar-refractivity contribution >= 4 is 18.1 Å². The number of hydrogen-bond donors (Lipinski definition) is 2. The molecule has 0 heterocycles. The number of ketones is 1. The number of carbonyl (C=O) groups is 2. The van der Waals surface area contributed by atoms with Crippen molar-refractivity contribution in [2.24, 2.45) is 0 Å². The molecule has 1 atom stereocenters. The van der Waals surface area contributed by atoms with Crippen LogP contribution in [0.1, 0.15) is 26.2 Å². The first-order chi connectivity index (χ1) is 6.61. The van der Waals surface area contributed by atoms with Gasteiger partial charge in [-0.1, -0.05) is 19.8 Å². The first-order valence-corrected chi connectivity index (χ1v) is 4.32. The first-order valence-electron chi connectivity index (χ1n) is 4.32. The summed E-state index contributed by atoms with van der Waals surface area (Å²) < 4.78 is 0. The third-order valence-corrected chi connectivity index (χ3v) is 1.67. The van der Waals surface area contributed by atoms with Gasteiger partial charge in [0.25, 0.3) is 5.78 Å². The zero-order valence-corrected chi connectivity index (χ0v) is 7.93. The molecule has 0 radical (unpaired) electrons. The molecule has 0 aliphatic heterocycles. The van der Waals surface area contributed by atoms with Gasteiger partial charge >= 0.3 is 12.3 Å². The van der Waals surface area contributed by atoms with Gasteiger partial charge in [0.05, 0.1) is 0 Å². The number of carbonyl (C=O) groups excluding carboxylic acids is 1. The zero-order chi connectivity index (χ0) is 11.0. The molecule has 0 saturated carbocycles. The van der Waals surface area contributed by atoms with E-state index in [-0.39, 0.29) is 0 Å². The summed E-state index contributed by atoms with van der Waals surface area (Å²) in [6.07, 6.45) is 1.45. The maximum atomic E-state index is 11.1. The van der Waals surface area contributed by atoms with E-state index in [9.17, 15) is 9.59 Å². The SMILES string of the molecule is CCCC[C@H](NC(=O)O)C(=O)C=[N+]=[N-]. The van der Waals surface area contributed by atoms with E-state index in [1.54, 1.807) is 0 Å². The minimum atomic E-state index is -1.26. The van der Waals surface area contributed by atoms with Gasteiger partial charge in [0.2, 0.25) is 0 Å². The molecule has 0 aliphatic carbocycles. The van der Waals surface area contributed by atoms with Crippen LogP contribution in [0.3, 0.4) is 0 Å². The number of nitrogens with one attached hydrogen (secondary N) is 1. The van der Waals surface area contributed by atoms with Crippen molar-refractivity contribution in [3.8, 4) is 0 Å². The van der Waals surface area contributed by atoms with Crippen molar-refractivity contribution in [2.45, 2.75) is 32.2 Å². The highest BCUT2D eigenvalue weighted by atomic mass is 16.4. The summed E-state index contributed by atoms with van der Waals surface area (Å²) in [4.78, 5) is 24.0. The number of nitrogens with zero attached hydrogens (tertiary/aromatic N) is 2. The lowest BCUT2D eigenvalue weighted by molar-refractivity contribution is -0.118. The minimum Gasteiger partial charge on any atom is -0.465 e. The Labute approximate surface area is 81.5 Å². The van der Waals surface area contributed by atoms with E-state index in [4.69, 9.17) is 10.6 Å². The van der Waals surface area contributed by atoms with E-state index in [1.807, 2.05) is 6.92 Å². The van der Waals surface area contributed by atoms with Crippen LogP contribution in [-0.4, -0.2) is 34.0 Å². The molecular weight excluding hydrogens is 186 g/mol. The van der Waals surface area contributed by atoms with Crippen LogP contribution >= 0.6 is 0 Å². The largest absolute Gasteiger partial charge is 0.465 e. The second-order valence-corrected chi connectivity index (χ2v) is 2.79. The molecular formula is C8H13N3O3. The lowest BCUT2D eigenvalue weighted by atomic mass is 10.1. The third-order valence-electron chi connectivity index (χ3n) is 1.67. The highest BCUT2D eigenvalue weighted by Gasteiger charge is 2.20. The van der Waals surface area contributed by atoms with Crippen LogP contribution in [0.2, 0.25) is 0 Å². The van der Waals surface area contributed by atoms with Crippen LogP contribution in [0.5, 0.6) is 0 Å². The Morgan fingerprint density at radius 2 is 2.29 bits per heavy atom. The summed E-state index contributed by atoms with van der Waals surface area (Å²) >= 11 is 0. The Balaban J connectivity index is 4.29. The van der Waals surface area contributed by atoms with E-state index in [1.165, 1.54) is 0 Å². The fourth-order valence-electron chi connectivity index (χ4n) is 0.990. The third kappa shape index (κ3) is 5.05. The Morgan fingerprint density at radius 3 is 2.71 bits per heavy atom. The van der Waals surface area contributed by atoms with Gasteiger partial charge < -0.3 is 16.0 Å². The van der Waals surface area contributed by atoms with Gasteiger partial charge in [0.1, 0.15) is 6.04 Å². The zero-order valence-electron chi connectivity index (χ0n) is 7.93. The molecule has 0 unspecified atom stereocenters. The van der Waals surface area contributed by atoms with E-state index in [2.05, 4.69) is 10.1 Å². The molecule has 0 aromatic rings. The molecule has 0 aromatic heterocycles. The van der Waals surface area contributed by atoms with Gasteiger partial charge in [-0.3, -0.25) is 4.79 Å². The number of amides is 1. The van der Waals surface area contributed by atoms with Crippen LogP contribution in [0, 0.1) is 0 Å². The maximum absolute atomic E-state index is 11.1. The quantitative estimate of drug-likeness (QED) is 0.373. The lowest BCUT2D eigenvalue weighted by Crippen LogP contribution is -2.40. The monoisotopic (exact) mass is 199 g/mol. The molecule has 0 fully saturated rings. The van der Waals surface area contributed by atoms with Crippen LogP contribution in [0.4, 0.5) is 4.79 Å². The van der Waals surface area contributed by atoms with Crippen LogP contribution in [-0.2, 0) is 4.79 Å². The normalized spacial score (nSPS) is 11.2. The highest BCUT2D eigenvalue weighted by Crippen LogP contribution is 2.00. The van der Waals surface area contributed by atoms with E-state index >= 15 is 0 Å². The number of carboxylic acid groups (broad SMARTS) is 1. The average molecular weight is 199 g/mol. The topological polar surface area (TPSA) is 103 Å². The Hall–Kier alpha value is -1.68. The van der Waals surface area contributed by atoms with Gasteiger partial charge in [-0.05, 0) is 6.42 Å². The van der Waals surface area contributed by atoms with Gasteiger partial charge in [-0.25, -0.2) is 4.79 Å². The first kappa shape index (κ1) is 12.3. The van der Waals surface area contributed by atoms with Gasteiger partial charge in [0, 0.05) is 0 Å². The highest BCUT2D eigenvalue weighted by molar-refractivity contribution is 6.28. The molecule has 0 aliphatic rings. The molecule has 0 spiro atoms. The Bertz CT molecular complexity index is 259. The van der Waals surface area contributed by atoms with Gasteiger partial charge in [0.15, 0.2) is 0 Å². The molecule has 1 amide bonds.